The fourth-order valence-corrected chi connectivity index (χ4v) is 3.22. The highest BCUT2D eigenvalue weighted by Gasteiger charge is 2.25. The molecule has 4 rings (SSSR count). The number of nitrogens with zero attached hydrogens (tertiary/aromatic N) is 2. The van der Waals surface area contributed by atoms with E-state index in [0.29, 0.717) is 32.6 Å². The number of rotatable bonds is 3. The second-order valence-electron chi connectivity index (χ2n) is 6.09. The van der Waals surface area contributed by atoms with E-state index in [2.05, 4.69) is 14.9 Å². The number of carboxylic acid groups (broad SMARTS) is 1. The Balaban J connectivity index is 1.48. The monoisotopic (exact) mass is 317 g/mol. The number of nitrogens with one attached hydrogen (secondary N) is 1. The molecule has 0 amide bonds. The second kappa shape index (κ2) is 5.73. The van der Waals surface area contributed by atoms with E-state index in [9.17, 15) is 4.79 Å². The Morgan fingerprint density at radius 3 is 2.65 bits per heavy atom. The van der Waals surface area contributed by atoms with Crippen molar-refractivity contribution >= 4 is 17.0 Å². The molecular formula is C16H19N3O4. The van der Waals surface area contributed by atoms with E-state index in [-0.39, 0.29) is 5.92 Å². The molecule has 7 heteroatoms. The molecule has 2 aromatic rings. The van der Waals surface area contributed by atoms with Crippen LogP contribution in [0.2, 0.25) is 0 Å². The van der Waals surface area contributed by atoms with Gasteiger partial charge in [-0.15, -0.1) is 0 Å². The molecule has 1 aromatic heterocycles. The Hall–Kier alpha value is -2.28. The smallest absolute Gasteiger partial charge is 0.306 e. The zero-order valence-corrected chi connectivity index (χ0v) is 12.7. The van der Waals surface area contributed by atoms with Crippen molar-refractivity contribution in [3.63, 3.8) is 0 Å². The molecule has 0 bridgehead atoms. The summed E-state index contributed by atoms with van der Waals surface area (Å²) in [5.41, 5.74) is 1.80. The molecule has 7 nitrogen and oxygen atoms in total. The Labute approximate surface area is 133 Å². The maximum absolute atomic E-state index is 11.0. The van der Waals surface area contributed by atoms with Gasteiger partial charge in [-0.05, 0) is 25.9 Å². The lowest BCUT2D eigenvalue weighted by Crippen LogP contribution is -2.36. The molecule has 3 heterocycles. The normalized spacial score (nSPS) is 19.1. The van der Waals surface area contributed by atoms with Crippen molar-refractivity contribution in [2.45, 2.75) is 19.4 Å². The molecule has 1 saturated heterocycles. The summed E-state index contributed by atoms with van der Waals surface area (Å²) in [4.78, 5) is 21.2. The summed E-state index contributed by atoms with van der Waals surface area (Å²) in [6, 6.07) is 3.83. The van der Waals surface area contributed by atoms with Gasteiger partial charge in [0.05, 0.1) is 23.5 Å². The summed E-state index contributed by atoms with van der Waals surface area (Å²) in [6.07, 6.45) is 1.40. The largest absolute Gasteiger partial charge is 0.486 e. The summed E-state index contributed by atoms with van der Waals surface area (Å²) >= 11 is 0. The van der Waals surface area contributed by atoms with Crippen LogP contribution in [0, 0.1) is 5.92 Å². The number of hydrogen-bond acceptors (Lipinski definition) is 5. The molecule has 0 unspecified atom stereocenters. The lowest BCUT2D eigenvalue weighted by Gasteiger charge is -2.29. The zero-order valence-electron chi connectivity index (χ0n) is 12.7. The molecule has 0 saturated carbocycles. The van der Waals surface area contributed by atoms with Crippen molar-refractivity contribution in [2.24, 2.45) is 5.92 Å². The van der Waals surface area contributed by atoms with E-state index in [0.717, 1.165) is 41.4 Å². The molecule has 23 heavy (non-hydrogen) atoms. The highest BCUT2D eigenvalue weighted by molar-refractivity contribution is 5.80. The molecule has 2 aliphatic rings. The zero-order chi connectivity index (χ0) is 15.8. The summed E-state index contributed by atoms with van der Waals surface area (Å²) in [7, 11) is 0. The molecule has 0 radical (unpaired) electrons. The molecule has 1 fully saturated rings. The van der Waals surface area contributed by atoms with E-state index in [1.54, 1.807) is 0 Å². The number of carbonyl (C=O) groups is 1. The van der Waals surface area contributed by atoms with Gasteiger partial charge in [0.1, 0.15) is 19.0 Å². The summed E-state index contributed by atoms with van der Waals surface area (Å²) in [5.74, 6) is 1.49. The van der Waals surface area contributed by atoms with Crippen molar-refractivity contribution in [3.05, 3.63) is 18.0 Å². The van der Waals surface area contributed by atoms with Gasteiger partial charge >= 0.3 is 5.97 Å². The SMILES string of the molecule is O=C(O)C1CCN(Cc2nc3cc4c(cc3[nH]2)OCCO4)CC1. The van der Waals surface area contributed by atoms with Crippen LogP contribution in [0.5, 0.6) is 11.5 Å². The molecule has 0 aliphatic carbocycles. The Morgan fingerprint density at radius 1 is 1.26 bits per heavy atom. The first-order valence-corrected chi connectivity index (χ1v) is 7.92. The van der Waals surface area contributed by atoms with Gasteiger partial charge in [-0.25, -0.2) is 4.98 Å². The fraction of sp³-hybridized carbons (Fsp3) is 0.500. The minimum Gasteiger partial charge on any atom is -0.486 e. The number of H-pyrrole nitrogens is 1. The van der Waals surface area contributed by atoms with Crippen molar-refractivity contribution in [1.82, 2.24) is 14.9 Å². The Morgan fingerprint density at radius 2 is 1.96 bits per heavy atom. The predicted octanol–water partition coefficient (Wildman–Crippen LogP) is 1.63. The molecule has 2 aliphatic heterocycles. The summed E-state index contributed by atoms with van der Waals surface area (Å²) in [5, 5.41) is 9.05. The van der Waals surface area contributed by atoms with Gasteiger partial charge in [0.25, 0.3) is 0 Å². The molecule has 0 atom stereocenters. The molecule has 122 valence electrons. The predicted molar refractivity (Wildman–Crippen MR) is 82.7 cm³/mol. The first kappa shape index (κ1) is 14.3. The minimum absolute atomic E-state index is 0.206. The third-order valence-corrected chi connectivity index (χ3v) is 4.51. The van der Waals surface area contributed by atoms with Gasteiger partial charge in [0, 0.05) is 12.1 Å². The van der Waals surface area contributed by atoms with Crippen LogP contribution in [0.15, 0.2) is 12.1 Å². The highest BCUT2D eigenvalue weighted by atomic mass is 16.6. The lowest BCUT2D eigenvalue weighted by atomic mass is 9.97. The van der Waals surface area contributed by atoms with E-state index in [4.69, 9.17) is 14.6 Å². The van der Waals surface area contributed by atoms with Gasteiger partial charge < -0.3 is 19.6 Å². The topological polar surface area (TPSA) is 87.7 Å². The molecule has 1 aromatic carbocycles. The average Bonchev–Trinajstić information content (AvgIpc) is 2.94. The van der Waals surface area contributed by atoms with Crippen LogP contribution in [0.4, 0.5) is 0 Å². The van der Waals surface area contributed by atoms with Gasteiger partial charge in [-0.2, -0.15) is 0 Å². The van der Waals surface area contributed by atoms with E-state index >= 15 is 0 Å². The van der Waals surface area contributed by atoms with E-state index in [1.807, 2.05) is 12.1 Å². The highest BCUT2D eigenvalue weighted by Crippen LogP contribution is 2.33. The molecule has 2 N–H and O–H groups in total. The number of likely N-dealkylation sites (tertiary alicyclic amines) is 1. The van der Waals surface area contributed by atoms with Crippen molar-refractivity contribution in [1.29, 1.82) is 0 Å². The van der Waals surface area contributed by atoms with Gasteiger partial charge in [0.2, 0.25) is 0 Å². The lowest BCUT2D eigenvalue weighted by molar-refractivity contribution is -0.143. The van der Waals surface area contributed by atoms with Crippen LogP contribution in [-0.2, 0) is 11.3 Å². The van der Waals surface area contributed by atoms with Crippen LogP contribution < -0.4 is 9.47 Å². The molecular weight excluding hydrogens is 298 g/mol. The number of fused-ring (bicyclic) bond motifs is 2. The first-order chi connectivity index (χ1) is 11.2. The summed E-state index contributed by atoms with van der Waals surface area (Å²) in [6.45, 7) is 3.41. The quantitative estimate of drug-likeness (QED) is 0.894. The first-order valence-electron chi connectivity index (χ1n) is 7.92. The number of aromatic nitrogens is 2. The number of piperidine rings is 1. The second-order valence-corrected chi connectivity index (χ2v) is 6.09. The van der Waals surface area contributed by atoms with E-state index < -0.39 is 5.97 Å². The number of carboxylic acids is 1. The maximum Gasteiger partial charge on any atom is 0.306 e. The van der Waals surface area contributed by atoms with Crippen LogP contribution in [-0.4, -0.2) is 52.2 Å². The summed E-state index contributed by atoms with van der Waals surface area (Å²) < 4.78 is 11.2. The number of ether oxygens (including phenoxy) is 2. The van der Waals surface area contributed by atoms with Gasteiger partial charge in [-0.1, -0.05) is 0 Å². The third-order valence-electron chi connectivity index (χ3n) is 4.51. The van der Waals surface area contributed by atoms with Crippen LogP contribution >= 0.6 is 0 Å². The van der Waals surface area contributed by atoms with Crippen LogP contribution in [0.25, 0.3) is 11.0 Å². The van der Waals surface area contributed by atoms with Gasteiger partial charge in [0.15, 0.2) is 11.5 Å². The van der Waals surface area contributed by atoms with Crippen molar-refractivity contribution in [2.75, 3.05) is 26.3 Å². The number of aromatic amines is 1. The van der Waals surface area contributed by atoms with E-state index in [1.165, 1.54) is 0 Å². The number of hydrogen-bond donors (Lipinski definition) is 2. The number of aliphatic carboxylic acids is 1. The van der Waals surface area contributed by atoms with Crippen molar-refractivity contribution in [3.8, 4) is 11.5 Å². The molecule has 0 spiro atoms. The Bertz CT molecular complexity index is 691. The Kier molecular flexibility index (Phi) is 3.57. The van der Waals surface area contributed by atoms with Gasteiger partial charge in [-0.3, -0.25) is 9.69 Å². The van der Waals surface area contributed by atoms with Crippen LogP contribution in [0.1, 0.15) is 18.7 Å². The number of imidazole rings is 1. The van der Waals surface area contributed by atoms with Crippen LogP contribution in [0.3, 0.4) is 0 Å². The third kappa shape index (κ3) is 2.84. The van der Waals surface area contributed by atoms with Crippen molar-refractivity contribution < 1.29 is 19.4 Å². The minimum atomic E-state index is -0.682. The standard InChI is InChI=1S/C16H19N3O4/c20-16(21)10-1-3-19(4-2-10)9-15-17-11-7-13-14(8-12(11)18-15)23-6-5-22-13/h7-8,10H,1-6,9H2,(H,17,18)(H,20,21). The fourth-order valence-electron chi connectivity index (χ4n) is 3.22. The average molecular weight is 317 g/mol. The maximum atomic E-state index is 11.0. The number of benzene rings is 1.